The molecule has 0 aliphatic rings. The zero-order valence-electron chi connectivity index (χ0n) is 35.8. The minimum Gasteiger partial charge on any atom is -0.394 e. The second kappa shape index (κ2) is 45.0. The van der Waals surface area contributed by atoms with Gasteiger partial charge in [-0.3, -0.25) is 4.79 Å². The van der Waals surface area contributed by atoms with E-state index < -0.39 is 12.1 Å². The highest BCUT2D eigenvalue weighted by Gasteiger charge is 2.17. The quantitative estimate of drug-likeness (QED) is 0.0430. The zero-order chi connectivity index (χ0) is 38.6. The summed E-state index contributed by atoms with van der Waals surface area (Å²) in [7, 11) is 0. The first-order chi connectivity index (χ1) is 26.2. The molecular formula is C49H93NO3. The van der Waals surface area contributed by atoms with Crippen LogP contribution in [0.2, 0.25) is 0 Å². The molecule has 0 spiro atoms. The average Bonchev–Trinajstić information content (AvgIpc) is 3.16. The van der Waals surface area contributed by atoms with Gasteiger partial charge in [0.1, 0.15) is 0 Å². The molecule has 3 N–H and O–H groups in total. The van der Waals surface area contributed by atoms with Crippen molar-refractivity contribution < 1.29 is 15.0 Å². The third-order valence-corrected chi connectivity index (χ3v) is 10.9. The van der Waals surface area contributed by atoms with Crippen molar-refractivity contribution in [1.82, 2.24) is 5.32 Å². The highest BCUT2D eigenvalue weighted by atomic mass is 16.3. The third-order valence-electron chi connectivity index (χ3n) is 10.9. The maximum Gasteiger partial charge on any atom is 0.220 e. The van der Waals surface area contributed by atoms with E-state index in [2.05, 4.69) is 43.5 Å². The van der Waals surface area contributed by atoms with Crippen LogP contribution in [0.15, 0.2) is 36.5 Å². The van der Waals surface area contributed by atoms with Gasteiger partial charge in [0.25, 0.3) is 0 Å². The smallest absolute Gasteiger partial charge is 0.220 e. The van der Waals surface area contributed by atoms with Crippen LogP contribution in [0.25, 0.3) is 0 Å². The second-order valence-electron chi connectivity index (χ2n) is 16.2. The molecule has 2 atom stereocenters. The number of rotatable bonds is 43. The molecule has 0 aliphatic heterocycles. The van der Waals surface area contributed by atoms with E-state index in [-0.39, 0.29) is 12.5 Å². The van der Waals surface area contributed by atoms with Gasteiger partial charge >= 0.3 is 0 Å². The number of nitrogens with one attached hydrogen (secondary N) is 1. The van der Waals surface area contributed by atoms with Crippen molar-refractivity contribution in [2.75, 3.05) is 6.61 Å². The summed E-state index contributed by atoms with van der Waals surface area (Å²) < 4.78 is 0. The third kappa shape index (κ3) is 41.6. The van der Waals surface area contributed by atoms with Crippen LogP contribution in [0.5, 0.6) is 0 Å². The summed E-state index contributed by atoms with van der Waals surface area (Å²) >= 11 is 0. The van der Waals surface area contributed by atoms with Gasteiger partial charge in [-0.25, -0.2) is 0 Å². The number of allylic oxidation sites excluding steroid dienone is 5. The molecule has 0 saturated carbocycles. The molecule has 312 valence electrons. The Morgan fingerprint density at radius 2 is 0.736 bits per heavy atom. The lowest BCUT2D eigenvalue weighted by Gasteiger charge is -2.19. The van der Waals surface area contributed by atoms with E-state index in [1.807, 2.05) is 6.08 Å². The van der Waals surface area contributed by atoms with Crippen LogP contribution < -0.4 is 5.32 Å². The molecule has 0 aliphatic carbocycles. The number of amides is 1. The molecule has 0 bridgehead atoms. The SMILES string of the molecule is CCCCCCC/C=C/CC/C=C/CC/C=C/C(O)C(CO)NC(=O)CCCCCCCCCCCCCCCCCCCCCCCCCCCC. The van der Waals surface area contributed by atoms with E-state index in [9.17, 15) is 15.0 Å². The molecule has 53 heavy (non-hydrogen) atoms. The van der Waals surface area contributed by atoms with Gasteiger partial charge in [0.2, 0.25) is 5.91 Å². The van der Waals surface area contributed by atoms with E-state index in [0.29, 0.717) is 6.42 Å². The van der Waals surface area contributed by atoms with Crippen LogP contribution in [0, 0.1) is 0 Å². The van der Waals surface area contributed by atoms with Crippen molar-refractivity contribution >= 4 is 5.91 Å². The molecule has 2 unspecified atom stereocenters. The average molecular weight is 744 g/mol. The van der Waals surface area contributed by atoms with Crippen molar-refractivity contribution in [2.24, 2.45) is 0 Å². The van der Waals surface area contributed by atoms with Crippen LogP contribution in [-0.2, 0) is 4.79 Å². The van der Waals surface area contributed by atoms with Gasteiger partial charge in [-0.15, -0.1) is 0 Å². The Morgan fingerprint density at radius 1 is 0.434 bits per heavy atom. The Hall–Kier alpha value is -1.39. The van der Waals surface area contributed by atoms with Crippen molar-refractivity contribution in [3.63, 3.8) is 0 Å². The number of aliphatic hydroxyl groups is 2. The van der Waals surface area contributed by atoms with Gasteiger partial charge in [-0.2, -0.15) is 0 Å². The topological polar surface area (TPSA) is 69.6 Å². The second-order valence-corrected chi connectivity index (χ2v) is 16.2. The summed E-state index contributed by atoms with van der Waals surface area (Å²) in [4.78, 5) is 12.4. The Kier molecular flexibility index (Phi) is 43.8. The fraction of sp³-hybridized carbons (Fsp3) is 0.857. The molecule has 4 nitrogen and oxygen atoms in total. The predicted molar refractivity (Wildman–Crippen MR) is 235 cm³/mol. The summed E-state index contributed by atoms with van der Waals surface area (Å²) in [6, 6.07) is -0.642. The highest BCUT2D eigenvalue weighted by Crippen LogP contribution is 2.16. The molecule has 0 aromatic carbocycles. The summed E-state index contributed by atoms with van der Waals surface area (Å²) in [6.07, 6.45) is 59.9. The molecule has 0 radical (unpaired) electrons. The van der Waals surface area contributed by atoms with E-state index in [0.717, 1.165) is 38.5 Å². The molecule has 4 heteroatoms. The number of hydrogen-bond donors (Lipinski definition) is 3. The van der Waals surface area contributed by atoms with Crippen LogP contribution >= 0.6 is 0 Å². The standard InChI is InChI=1S/C49H93NO3/c1-3-5-7-9-11-13-15-17-19-20-21-22-23-24-25-26-27-28-29-31-33-35-37-39-41-43-45-49(53)50-47(46-51)48(52)44-42-40-38-36-34-32-30-18-16-14-12-10-8-6-4-2/h16,18,34,36,42,44,47-48,51-52H,3-15,17,19-33,35,37-41,43,45-46H2,1-2H3,(H,50,53)/b18-16+,36-34+,44-42+. The van der Waals surface area contributed by atoms with Gasteiger partial charge in [-0.05, 0) is 44.9 Å². The lowest BCUT2D eigenvalue weighted by Crippen LogP contribution is -2.45. The maximum atomic E-state index is 12.4. The molecule has 0 heterocycles. The van der Waals surface area contributed by atoms with E-state index in [4.69, 9.17) is 0 Å². The first-order valence-electron chi connectivity index (χ1n) is 23.7. The lowest BCUT2D eigenvalue weighted by molar-refractivity contribution is -0.123. The van der Waals surface area contributed by atoms with Gasteiger partial charge in [0.05, 0.1) is 18.8 Å². The van der Waals surface area contributed by atoms with Crippen LogP contribution in [0.3, 0.4) is 0 Å². The molecule has 1 amide bonds. The first-order valence-corrected chi connectivity index (χ1v) is 23.7. The molecule has 0 saturated heterocycles. The van der Waals surface area contributed by atoms with Gasteiger partial charge < -0.3 is 15.5 Å². The Labute approximate surface area is 331 Å². The van der Waals surface area contributed by atoms with Crippen molar-refractivity contribution in [1.29, 1.82) is 0 Å². The first kappa shape index (κ1) is 51.6. The van der Waals surface area contributed by atoms with E-state index >= 15 is 0 Å². The molecule has 0 fully saturated rings. The highest BCUT2D eigenvalue weighted by molar-refractivity contribution is 5.76. The fourth-order valence-electron chi connectivity index (χ4n) is 7.21. The van der Waals surface area contributed by atoms with Crippen LogP contribution in [-0.4, -0.2) is 34.9 Å². The van der Waals surface area contributed by atoms with Crippen molar-refractivity contribution in [3.8, 4) is 0 Å². The molecular weight excluding hydrogens is 651 g/mol. The van der Waals surface area contributed by atoms with E-state index in [1.54, 1.807) is 6.08 Å². The normalized spacial score (nSPS) is 13.2. The summed E-state index contributed by atoms with van der Waals surface area (Å²) in [5, 5.41) is 23.0. The minimum atomic E-state index is -0.867. The van der Waals surface area contributed by atoms with Crippen molar-refractivity contribution in [2.45, 2.75) is 264 Å². The Bertz CT molecular complexity index is 806. The van der Waals surface area contributed by atoms with Gasteiger partial charge in [0.15, 0.2) is 0 Å². The van der Waals surface area contributed by atoms with Gasteiger partial charge in [0, 0.05) is 6.42 Å². The van der Waals surface area contributed by atoms with Crippen LogP contribution in [0.4, 0.5) is 0 Å². The number of hydrogen-bond acceptors (Lipinski definition) is 3. The summed E-state index contributed by atoms with van der Waals surface area (Å²) in [6.45, 7) is 4.29. The van der Waals surface area contributed by atoms with Crippen LogP contribution in [0.1, 0.15) is 251 Å². The maximum absolute atomic E-state index is 12.4. The predicted octanol–water partition coefficient (Wildman–Crippen LogP) is 15.0. The monoisotopic (exact) mass is 744 g/mol. The van der Waals surface area contributed by atoms with Crippen molar-refractivity contribution in [3.05, 3.63) is 36.5 Å². The summed E-state index contributed by atoms with van der Waals surface area (Å²) in [5.74, 6) is -0.0747. The number of unbranched alkanes of at least 4 members (excludes halogenated alkanes) is 32. The molecule has 0 rings (SSSR count). The fourth-order valence-corrected chi connectivity index (χ4v) is 7.21. The van der Waals surface area contributed by atoms with E-state index in [1.165, 1.54) is 193 Å². The molecule has 0 aromatic heterocycles. The number of carbonyl (C=O) groups excluding carboxylic acids is 1. The summed E-state index contributed by atoms with van der Waals surface area (Å²) in [5.41, 5.74) is 0. The largest absolute Gasteiger partial charge is 0.394 e. The zero-order valence-corrected chi connectivity index (χ0v) is 35.8. The Balaban J connectivity index is 3.51. The lowest BCUT2D eigenvalue weighted by atomic mass is 10.0. The molecule has 0 aromatic rings. The van der Waals surface area contributed by atoms with Gasteiger partial charge in [-0.1, -0.05) is 237 Å². The number of carbonyl (C=O) groups is 1. The number of aliphatic hydroxyl groups excluding tert-OH is 2. The Morgan fingerprint density at radius 3 is 1.09 bits per heavy atom. The minimum absolute atomic E-state index is 0.0747.